The van der Waals surface area contributed by atoms with Gasteiger partial charge in [-0.1, -0.05) is 38.4 Å². The zero-order valence-corrected chi connectivity index (χ0v) is 12.0. The van der Waals surface area contributed by atoms with Gasteiger partial charge in [0.2, 0.25) is 5.91 Å². The van der Waals surface area contributed by atoms with Crippen LogP contribution in [0.1, 0.15) is 26.3 Å². The molecule has 102 valence electrons. The first kappa shape index (κ1) is 16.7. The fourth-order valence-electron chi connectivity index (χ4n) is 1.15. The molecule has 0 fully saturated rings. The number of aliphatic hydroxyl groups is 1. The minimum atomic E-state index is -0.377. The lowest BCUT2D eigenvalue weighted by atomic mass is 9.95. The first-order valence-electron chi connectivity index (χ1n) is 5.57. The van der Waals surface area contributed by atoms with Crippen LogP contribution in [0.25, 0.3) is 0 Å². The zero-order valence-electron chi connectivity index (χ0n) is 11.2. The Morgan fingerprint density at radius 3 is 2.39 bits per heavy atom. The predicted octanol–water partition coefficient (Wildman–Crippen LogP) is 2.19. The number of benzene rings is 1. The number of hydrogen-bond donors (Lipinski definition) is 3. The van der Waals surface area contributed by atoms with Crippen molar-refractivity contribution in [3.8, 4) is 0 Å². The number of aliphatic hydroxyl groups excluding tert-OH is 1. The van der Waals surface area contributed by atoms with Crippen molar-refractivity contribution in [2.24, 2.45) is 5.41 Å². The van der Waals surface area contributed by atoms with Crippen molar-refractivity contribution >= 4 is 23.2 Å². The molecule has 1 aromatic rings. The van der Waals surface area contributed by atoms with Crippen molar-refractivity contribution in [1.82, 2.24) is 5.32 Å². The molecular formula is C13H21ClN2O2. The van der Waals surface area contributed by atoms with Crippen molar-refractivity contribution in [2.75, 3.05) is 12.8 Å². The molecule has 0 saturated carbocycles. The maximum absolute atomic E-state index is 11.6. The molecule has 0 aliphatic heterocycles. The maximum Gasteiger partial charge on any atom is 0.225 e. The highest BCUT2D eigenvalue weighted by atomic mass is 35.5. The minimum absolute atomic E-state index is 0.0148. The number of rotatable bonds is 2. The molecule has 1 amide bonds. The summed E-state index contributed by atoms with van der Waals surface area (Å²) < 4.78 is 0. The van der Waals surface area contributed by atoms with Gasteiger partial charge in [0.25, 0.3) is 0 Å². The summed E-state index contributed by atoms with van der Waals surface area (Å²) in [7, 11) is 1.00. The van der Waals surface area contributed by atoms with Gasteiger partial charge in [0.1, 0.15) is 0 Å². The van der Waals surface area contributed by atoms with Crippen LogP contribution in [0.15, 0.2) is 18.2 Å². The Balaban J connectivity index is 0.00000137. The van der Waals surface area contributed by atoms with Crippen LogP contribution in [-0.4, -0.2) is 18.1 Å². The number of anilines is 1. The molecule has 0 heterocycles. The number of hydrogen-bond acceptors (Lipinski definition) is 3. The van der Waals surface area contributed by atoms with Gasteiger partial charge in [-0.25, -0.2) is 0 Å². The zero-order chi connectivity index (χ0) is 14.3. The van der Waals surface area contributed by atoms with Crippen LogP contribution in [0, 0.1) is 5.41 Å². The average Bonchev–Trinajstić information content (AvgIpc) is 2.31. The molecule has 0 aromatic heterocycles. The number of halogens is 1. The molecule has 0 unspecified atom stereocenters. The third-order valence-electron chi connectivity index (χ3n) is 2.19. The summed E-state index contributed by atoms with van der Waals surface area (Å²) in [5.74, 6) is 0.0148. The highest BCUT2D eigenvalue weighted by molar-refractivity contribution is 6.33. The van der Waals surface area contributed by atoms with Crippen LogP contribution in [-0.2, 0) is 11.3 Å². The summed E-state index contributed by atoms with van der Waals surface area (Å²) in [5.41, 5.74) is 6.77. The van der Waals surface area contributed by atoms with Crippen molar-refractivity contribution in [1.29, 1.82) is 0 Å². The van der Waals surface area contributed by atoms with E-state index in [-0.39, 0.29) is 11.3 Å². The SMILES string of the molecule is CC(C)(C)C(=O)NCc1ccc(Cl)c(N)c1.CO. The van der Waals surface area contributed by atoms with E-state index in [1.54, 1.807) is 12.1 Å². The van der Waals surface area contributed by atoms with E-state index < -0.39 is 0 Å². The number of carbonyl (C=O) groups excluding carboxylic acids is 1. The van der Waals surface area contributed by atoms with E-state index >= 15 is 0 Å². The monoisotopic (exact) mass is 272 g/mol. The molecule has 0 saturated heterocycles. The fraction of sp³-hybridized carbons (Fsp3) is 0.462. The van der Waals surface area contributed by atoms with E-state index in [2.05, 4.69) is 5.32 Å². The van der Waals surface area contributed by atoms with E-state index in [1.165, 1.54) is 0 Å². The molecule has 0 aliphatic rings. The Morgan fingerprint density at radius 1 is 1.39 bits per heavy atom. The number of amides is 1. The molecule has 4 N–H and O–H groups in total. The Labute approximate surface area is 113 Å². The Morgan fingerprint density at radius 2 is 1.94 bits per heavy atom. The lowest BCUT2D eigenvalue weighted by Crippen LogP contribution is -2.34. The average molecular weight is 273 g/mol. The van der Waals surface area contributed by atoms with Crippen molar-refractivity contribution in [2.45, 2.75) is 27.3 Å². The largest absolute Gasteiger partial charge is 0.400 e. The quantitative estimate of drug-likeness (QED) is 0.723. The van der Waals surface area contributed by atoms with Gasteiger partial charge in [0.15, 0.2) is 0 Å². The topological polar surface area (TPSA) is 75.4 Å². The smallest absolute Gasteiger partial charge is 0.225 e. The van der Waals surface area contributed by atoms with Crippen LogP contribution < -0.4 is 11.1 Å². The lowest BCUT2D eigenvalue weighted by molar-refractivity contribution is -0.128. The maximum atomic E-state index is 11.6. The minimum Gasteiger partial charge on any atom is -0.400 e. The molecule has 4 nitrogen and oxygen atoms in total. The summed E-state index contributed by atoms with van der Waals surface area (Å²) in [6.07, 6.45) is 0. The van der Waals surface area contributed by atoms with Gasteiger partial charge in [-0.15, -0.1) is 0 Å². The van der Waals surface area contributed by atoms with Gasteiger partial charge in [-0.2, -0.15) is 0 Å². The third-order valence-corrected chi connectivity index (χ3v) is 2.54. The summed E-state index contributed by atoms with van der Waals surface area (Å²) >= 11 is 5.80. The molecule has 1 aromatic carbocycles. The highest BCUT2D eigenvalue weighted by Crippen LogP contribution is 2.19. The second-order valence-corrected chi connectivity index (χ2v) is 5.20. The Kier molecular flexibility index (Phi) is 6.73. The van der Waals surface area contributed by atoms with Gasteiger partial charge in [-0.3, -0.25) is 4.79 Å². The number of carbonyl (C=O) groups is 1. The second-order valence-electron chi connectivity index (χ2n) is 4.79. The fourth-order valence-corrected chi connectivity index (χ4v) is 1.27. The van der Waals surface area contributed by atoms with Crippen LogP contribution in [0.3, 0.4) is 0 Å². The van der Waals surface area contributed by atoms with Crippen molar-refractivity contribution < 1.29 is 9.90 Å². The van der Waals surface area contributed by atoms with Crippen LogP contribution in [0.4, 0.5) is 5.69 Å². The van der Waals surface area contributed by atoms with Crippen LogP contribution in [0.5, 0.6) is 0 Å². The second kappa shape index (κ2) is 7.24. The van der Waals surface area contributed by atoms with Gasteiger partial charge in [0.05, 0.1) is 10.7 Å². The van der Waals surface area contributed by atoms with E-state index in [1.807, 2.05) is 26.8 Å². The first-order chi connectivity index (χ1) is 8.30. The van der Waals surface area contributed by atoms with Crippen LogP contribution >= 0.6 is 11.6 Å². The number of nitrogens with two attached hydrogens (primary N) is 1. The third kappa shape index (κ3) is 5.38. The molecule has 0 aliphatic carbocycles. The normalized spacial score (nSPS) is 10.3. The van der Waals surface area contributed by atoms with E-state index in [4.69, 9.17) is 22.4 Å². The van der Waals surface area contributed by atoms with Gasteiger partial charge < -0.3 is 16.2 Å². The summed E-state index contributed by atoms with van der Waals surface area (Å²) in [4.78, 5) is 11.6. The Bertz CT molecular complexity index is 400. The molecule has 5 heteroatoms. The first-order valence-corrected chi connectivity index (χ1v) is 5.95. The summed E-state index contributed by atoms with van der Waals surface area (Å²) in [6.45, 7) is 6.09. The molecule has 0 bridgehead atoms. The summed E-state index contributed by atoms with van der Waals surface area (Å²) in [6, 6.07) is 5.35. The van der Waals surface area contributed by atoms with Crippen LogP contribution in [0.2, 0.25) is 5.02 Å². The molecular weight excluding hydrogens is 252 g/mol. The van der Waals surface area contributed by atoms with Crippen molar-refractivity contribution in [3.05, 3.63) is 28.8 Å². The summed E-state index contributed by atoms with van der Waals surface area (Å²) in [5, 5.41) is 10.4. The molecule has 0 radical (unpaired) electrons. The van der Waals surface area contributed by atoms with E-state index in [0.29, 0.717) is 17.3 Å². The molecule has 18 heavy (non-hydrogen) atoms. The van der Waals surface area contributed by atoms with Gasteiger partial charge in [0, 0.05) is 19.1 Å². The highest BCUT2D eigenvalue weighted by Gasteiger charge is 2.20. The van der Waals surface area contributed by atoms with Gasteiger partial charge in [-0.05, 0) is 17.7 Å². The van der Waals surface area contributed by atoms with Gasteiger partial charge >= 0.3 is 0 Å². The van der Waals surface area contributed by atoms with E-state index in [9.17, 15) is 4.79 Å². The molecule has 1 rings (SSSR count). The molecule has 0 spiro atoms. The Hall–Kier alpha value is -1.26. The lowest BCUT2D eigenvalue weighted by Gasteiger charge is -2.17. The standard InChI is InChI=1S/C12H17ClN2O.CH4O/c1-12(2,3)11(16)15-7-8-4-5-9(13)10(14)6-8;1-2/h4-6H,7,14H2,1-3H3,(H,15,16);2H,1H3. The van der Waals surface area contributed by atoms with Crippen molar-refractivity contribution in [3.63, 3.8) is 0 Å². The number of nitrogen functional groups attached to an aromatic ring is 1. The van der Waals surface area contributed by atoms with E-state index in [0.717, 1.165) is 12.7 Å². The molecule has 0 atom stereocenters. The number of nitrogens with one attached hydrogen (secondary N) is 1. The predicted molar refractivity (Wildman–Crippen MR) is 75.3 cm³/mol.